The zero-order valence-corrected chi connectivity index (χ0v) is 18.3. The lowest BCUT2D eigenvalue weighted by molar-refractivity contribution is -0.128. The van der Waals surface area contributed by atoms with Crippen LogP contribution in [0.1, 0.15) is 50.2 Å². The zero-order valence-electron chi connectivity index (χ0n) is 18.3. The van der Waals surface area contributed by atoms with Crippen molar-refractivity contribution in [1.29, 1.82) is 0 Å². The Morgan fingerprint density at radius 3 is 2.59 bits per heavy atom. The molecule has 1 fully saturated rings. The molecule has 0 aliphatic carbocycles. The monoisotopic (exact) mass is 395 g/mol. The van der Waals surface area contributed by atoms with Crippen LogP contribution in [0, 0.1) is 5.41 Å². The van der Waals surface area contributed by atoms with Crippen molar-refractivity contribution < 1.29 is 4.79 Å². The highest BCUT2D eigenvalue weighted by Gasteiger charge is 2.32. The molecule has 1 aliphatic rings. The Balaban J connectivity index is 1.73. The number of benzene rings is 1. The number of carbonyl (C=O) groups excluding carboxylic acids is 1. The number of hydrogen-bond donors (Lipinski definition) is 1. The minimum atomic E-state index is 0.105. The van der Waals surface area contributed by atoms with Gasteiger partial charge in [0.2, 0.25) is 5.91 Å². The van der Waals surface area contributed by atoms with E-state index in [9.17, 15) is 4.79 Å². The first kappa shape index (κ1) is 21.2. The third-order valence-corrected chi connectivity index (χ3v) is 5.05. The summed E-state index contributed by atoms with van der Waals surface area (Å²) < 4.78 is 0. The number of hydrogen-bond acceptors (Lipinski definition) is 5. The molecule has 6 nitrogen and oxygen atoms in total. The fourth-order valence-electron chi connectivity index (χ4n) is 3.96. The van der Waals surface area contributed by atoms with Crippen molar-refractivity contribution in [3.05, 3.63) is 53.5 Å². The Morgan fingerprint density at radius 1 is 1.21 bits per heavy atom. The summed E-state index contributed by atoms with van der Waals surface area (Å²) in [7, 11) is 3.97. The predicted octanol–water partition coefficient (Wildman–Crippen LogP) is 3.51. The zero-order chi connectivity index (χ0) is 21.0. The van der Waals surface area contributed by atoms with Crippen LogP contribution in [-0.2, 0) is 17.9 Å². The normalized spacial score (nSPS) is 17.2. The molecule has 1 N–H and O–H groups in total. The summed E-state index contributed by atoms with van der Waals surface area (Å²) in [4.78, 5) is 26.3. The minimum absolute atomic E-state index is 0.105. The molecule has 1 atom stereocenters. The van der Waals surface area contributed by atoms with Gasteiger partial charge < -0.3 is 10.2 Å². The molecule has 1 aliphatic heterocycles. The van der Waals surface area contributed by atoms with E-state index in [1.165, 1.54) is 0 Å². The van der Waals surface area contributed by atoms with Crippen molar-refractivity contribution in [3.63, 3.8) is 0 Å². The molecule has 3 rings (SSSR count). The molecule has 1 saturated heterocycles. The third-order valence-electron chi connectivity index (χ3n) is 5.05. The maximum Gasteiger partial charge on any atom is 0.223 e. The maximum absolute atomic E-state index is 12.6. The van der Waals surface area contributed by atoms with E-state index >= 15 is 0 Å². The molecule has 0 spiro atoms. The van der Waals surface area contributed by atoms with Crippen LogP contribution in [0.2, 0.25) is 0 Å². The summed E-state index contributed by atoms with van der Waals surface area (Å²) in [5, 5.41) is 3.15. The first-order chi connectivity index (χ1) is 13.7. The summed E-state index contributed by atoms with van der Waals surface area (Å²) in [5.41, 5.74) is 2.32. The van der Waals surface area contributed by atoms with E-state index in [4.69, 9.17) is 4.98 Å². The Kier molecular flexibility index (Phi) is 6.52. The topological polar surface area (TPSA) is 61.4 Å². The van der Waals surface area contributed by atoms with Crippen LogP contribution in [0.25, 0.3) is 0 Å². The van der Waals surface area contributed by atoms with Crippen LogP contribution in [0.15, 0.2) is 36.4 Å². The van der Waals surface area contributed by atoms with Gasteiger partial charge in [-0.1, -0.05) is 51.1 Å². The van der Waals surface area contributed by atoms with Gasteiger partial charge in [0.1, 0.15) is 11.6 Å². The van der Waals surface area contributed by atoms with Crippen LogP contribution < -0.4 is 5.32 Å². The minimum Gasteiger partial charge on any atom is -0.373 e. The molecule has 0 bridgehead atoms. The average Bonchev–Trinajstić information content (AvgIpc) is 3.01. The smallest absolute Gasteiger partial charge is 0.223 e. The van der Waals surface area contributed by atoms with Gasteiger partial charge >= 0.3 is 0 Å². The van der Waals surface area contributed by atoms with E-state index in [0.717, 1.165) is 29.4 Å². The maximum atomic E-state index is 12.6. The lowest BCUT2D eigenvalue weighted by Gasteiger charge is -2.26. The largest absolute Gasteiger partial charge is 0.373 e. The molecule has 1 amide bonds. The van der Waals surface area contributed by atoms with Gasteiger partial charge in [0, 0.05) is 45.1 Å². The quantitative estimate of drug-likeness (QED) is 0.777. The second kappa shape index (κ2) is 8.91. The van der Waals surface area contributed by atoms with Crippen molar-refractivity contribution in [1.82, 2.24) is 19.8 Å². The molecular formula is C23H33N5O. The molecule has 2 heterocycles. The number of anilines is 1. The first-order valence-corrected chi connectivity index (χ1v) is 10.3. The van der Waals surface area contributed by atoms with Crippen molar-refractivity contribution in [3.8, 4) is 0 Å². The summed E-state index contributed by atoms with van der Waals surface area (Å²) in [6.07, 6.45) is 0.504. The molecule has 1 aromatic heterocycles. The van der Waals surface area contributed by atoms with E-state index in [1.807, 2.05) is 36.2 Å². The Morgan fingerprint density at radius 2 is 1.93 bits per heavy atom. The highest BCUT2D eigenvalue weighted by Crippen LogP contribution is 2.29. The van der Waals surface area contributed by atoms with Gasteiger partial charge in [-0.2, -0.15) is 0 Å². The molecule has 6 heteroatoms. The van der Waals surface area contributed by atoms with E-state index in [2.05, 4.69) is 55.2 Å². The lowest BCUT2D eigenvalue weighted by atomic mass is 9.96. The van der Waals surface area contributed by atoms with E-state index in [-0.39, 0.29) is 17.2 Å². The molecule has 0 unspecified atom stereocenters. The molecule has 0 saturated carbocycles. The van der Waals surface area contributed by atoms with Gasteiger partial charge in [-0.05, 0) is 18.0 Å². The second-order valence-electron chi connectivity index (χ2n) is 9.24. The van der Waals surface area contributed by atoms with Gasteiger partial charge in [0.25, 0.3) is 0 Å². The Labute approximate surface area is 174 Å². The number of nitrogens with zero attached hydrogens (tertiary/aromatic N) is 4. The second-order valence-corrected chi connectivity index (χ2v) is 9.24. The van der Waals surface area contributed by atoms with Gasteiger partial charge in [-0.25, -0.2) is 9.97 Å². The van der Waals surface area contributed by atoms with Gasteiger partial charge in [-0.3, -0.25) is 9.69 Å². The van der Waals surface area contributed by atoms with Gasteiger partial charge in [0.15, 0.2) is 0 Å². The summed E-state index contributed by atoms with van der Waals surface area (Å²) in [6, 6.07) is 12.1. The third kappa shape index (κ3) is 6.00. The van der Waals surface area contributed by atoms with Gasteiger partial charge in [-0.15, -0.1) is 0 Å². The molecule has 0 radical (unpaired) electrons. The first-order valence-electron chi connectivity index (χ1n) is 10.3. The number of likely N-dealkylation sites (tertiary alicyclic amines) is 1. The lowest BCUT2D eigenvalue weighted by Crippen LogP contribution is -2.29. The van der Waals surface area contributed by atoms with Crippen LogP contribution >= 0.6 is 0 Å². The fourth-order valence-corrected chi connectivity index (χ4v) is 3.96. The number of nitrogens with one attached hydrogen (secondary N) is 1. The standard InChI is InChI=1S/C23H33N5O/c1-23(2,3)16-27(5)15-21-25-19(12-20(24-4)26-21)18-11-22(29)28(14-18)13-17-9-7-6-8-10-17/h6-10,12,18H,11,13-16H2,1-5H3,(H,24,25,26)/t18-/m1/s1. The molecule has 2 aromatic rings. The van der Waals surface area contributed by atoms with Crippen molar-refractivity contribution in [2.45, 2.75) is 46.2 Å². The number of aromatic nitrogens is 2. The summed E-state index contributed by atoms with van der Waals surface area (Å²) in [5.74, 6) is 1.90. The Bertz CT molecular complexity index is 831. The molecular weight excluding hydrogens is 362 g/mol. The van der Waals surface area contributed by atoms with Crippen LogP contribution in [0.3, 0.4) is 0 Å². The molecule has 156 valence electrons. The summed E-state index contributed by atoms with van der Waals surface area (Å²) >= 11 is 0. The van der Waals surface area contributed by atoms with E-state index in [1.54, 1.807) is 0 Å². The fraction of sp³-hybridized carbons (Fsp3) is 0.522. The van der Waals surface area contributed by atoms with Crippen molar-refractivity contribution in [2.24, 2.45) is 5.41 Å². The van der Waals surface area contributed by atoms with Crippen molar-refractivity contribution >= 4 is 11.7 Å². The predicted molar refractivity (Wildman–Crippen MR) is 117 cm³/mol. The van der Waals surface area contributed by atoms with Crippen molar-refractivity contribution in [2.75, 3.05) is 32.5 Å². The molecule has 29 heavy (non-hydrogen) atoms. The highest BCUT2D eigenvalue weighted by atomic mass is 16.2. The number of carbonyl (C=O) groups is 1. The SMILES string of the molecule is CNc1cc([C@@H]2CC(=O)N(Cc3ccccc3)C2)nc(CN(C)CC(C)(C)C)n1. The molecule has 1 aromatic carbocycles. The van der Waals surface area contributed by atoms with Crippen LogP contribution in [0.5, 0.6) is 0 Å². The van der Waals surface area contributed by atoms with Crippen LogP contribution in [-0.4, -0.2) is 52.9 Å². The summed E-state index contributed by atoms with van der Waals surface area (Å²) in [6.45, 7) is 9.69. The van der Waals surface area contributed by atoms with Crippen LogP contribution in [0.4, 0.5) is 5.82 Å². The van der Waals surface area contributed by atoms with Gasteiger partial charge in [0.05, 0.1) is 12.2 Å². The average molecular weight is 396 g/mol. The highest BCUT2D eigenvalue weighted by molar-refractivity contribution is 5.79. The van der Waals surface area contributed by atoms with E-state index < -0.39 is 0 Å². The van der Waals surface area contributed by atoms with E-state index in [0.29, 0.717) is 26.1 Å². The Hall–Kier alpha value is -2.47. The number of amides is 1. The number of rotatable bonds is 7.